The molecule has 0 aliphatic rings. The van der Waals surface area contributed by atoms with Crippen LogP contribution in [-0.2, 0) is 0 Å². The van der Waals surface area contributed by atoms with Gasteiger partial charge in [-0.1, -0.05) is 23.4 Å². The van der Waals surface area contributed by atoms with E-state index in [4.69, 9.17) is 5.73 Å². The normalized spacial score (nSPS) is 11.0. The summed E-state index contributed by atoms with van der Waals surface area (Å²) in [6.07, 6.45) is 8.92. The van der Waals surface area contributed by atoms with Crippen LogP contribution in [0.25, 0.3) is 34.0 Å². The van der Waals surface area contributed by atoms with E-state index in [2.05, 4.69) is 30.6 Å². The minimum Gasteiger partial charge on any atom is -0.366 e. The lowest BCUT2D eigenvalue weighted by Crippen LogP contribution is -2.10. The number of nitrogens with two attached hydrogens (primary N) is 1. The number of anilines is 2. The van der Waals surface area contributed by atoms with Crippen molar-refractivity contribution in [1.82, 2.24) is 34.3 Å². The smallest absolute Gasteiger partial charge is 0.248 e. The molecule has 0 unspecified atom stereocenters. The van der Waals surface area contributed by atoms with Crippen LogP contribution in [0.5, 0.6) is 0 Å². The van der Waals surface area contributed by atoms with E-state index in [1.54, 1.807) is 35.4 Å². The van der Waals surface area contributed by atoms with Gasteiger partial charge in [-0.25, -0.2) is 14.6 Å². The predicted octanol–water partition coefficient (Wildman–Crippen LogP) is 3.88. The van der Waals surface area contributed by atoms with E-state index in [0.717, 1.165) is 28.3 Å². The molecule has 0 saturated heterocycles. The summed E-state index contributed by atoms with van der Waals surface area (Å²) in [5.74, 6) is 0.152. The number of hydrogen-bond donors (Lipinski definition) is 2. The number of nitrogens with zero attached hydrogens (tertiary/aromatic N) is 7. The Morgan fingerprint density at radius 3 is 2.44 bits per heavy atom. The van der Waals surface area contributed by atoms with Gasteiger partial charge in [0.15, 0.2) is 11.5 Å². The highest BCUT2D eigenvalue weighted by Crippen LogP contribution is 2.26. The Balaban J connectivity index is 1.24. The SMILES string of the molecule is NC(=O)c1ccc(-c2cnc(Nc3ccc(-n4cc(-c5ccccn5)nn4)cc3)c3nccn23)cc1. The van der Waals surface area contributed by atoms with Gasteiger partial charge in [0, 0.05) is 35.4 Å². The fourth-order valence-corrected chi connectivity index (χ4v) is 3.88. The molecule has 10 heteroatoms. The zero-order valence-corrected chi connectivity index (χ0v) is 18.9. The number of primary amides is 1. The number of aromatic nitrogens is 7. The first-order valence-corrected chi connectivity index (χ1v) is 11.1. The molecule has 174 valence electrons. The number of benzene rings is 2. The zero-order chi connectivity index (χ0) is 24.5. The van der Waals surface area contributed by atoms with Gasteiger partial charge in [0.05, 0.1) is 29.5 Å². The third-order valence-electron chi connectivity index (χ3n) is 5.71. The second kappa shape index (κ2) is 8.76. The average Bonchev–Trinajstić information content (AvgIpc) is 3.61. The van der Waals surface area contributed by atoms with Gasteiger partial charge in [-0.3, -0.25) is 14.2 Å². The van der Waals surface area contributed by atoms with Gasteiger partial charge in [-0.05, 0) is 48.5 Å². The number of carbonyl (C=O) groups excluding carboxylic acids is 1. The van der Waals surface area contributed by atoms with Crippen molar-refractivity contribution in [3.05, 3.63) is 103 Å². The van der Waals surface area contributed by atoms with E-state index in [1.807, 2.05) is 71.4 Å². The minimum absolute atomic E-state index is 0.453. The van der Waals surface area contributed by atoms with E-state index in [9.17, 15) is 4.79 Å². The Kier molecular flexibility index (Phi) is 5.15. The molecule has 0 spiro atoms. The number of pyridine rings is 1. The Morgan fingerprint density at radius 2 is 1.69 bits per heavy atom. The van der Waals surface area contributed by atoms with Crippen molar-refractivity contribution < 1.29 is 4.79 Å². The van der Waals surface area contributed by atoms with Crippen molar-refractivity contribution in [2.45, 2.75) is 0 Å². The van der Waals surface area contributed by atoms with Crippen LogP contribution in [0.2, 0.25) is 0 Å². The molecular weight excluding hydrogens is 454 g/mol. The van der Waals surface area contributed by atoms with Gasteiger partial charge in [0.25, 0.3) is 0 Å². The molecule has 0 bridgehead atoms. The summed E-state index contributed by atoms with van der Waals surface area (Å²) in [6, 6.07) is 20.5. The first-order chi connectivity index (χ1) is 17.7. The fourth-order valence-electron chi connectivity index (χ4n) is 3.88. The lowest BCUT2D eigenvalue weighted by atomic mass is 10.1. The number of fused-ring (bicyclic) bond motifs is 1. The van der Waals surface area contributed by atoms with Gasteiger partial charge >= 0.3 is 0 Å². The van der Waals surface area contributed by atoms with Crippen molar-refractivity contribution in [3.63, 3.8) is 0 Å². The molecule has 6 rings (SSSR count). The first-order valence-electron chi connectivity index (χ1n) is 11.1. The largest absolute Gasteiger partial charge is 0.366 e. The number of amides is 1. The summed E-state index contributed by atoms with van der Waals surface area (Å²) in [7, 11) is 0. The maximum absolute atomic E-state index is 11.4. The number of carbonyl (C=O) groups is 1. The fraction of sp³-hybridized carbons (Fsp3) is 0. The topological polar surface area (TPSA) is 129 Å². The summed E-state index contributed by atoms with van der Waals surface area (Å²) >= 11 is 0. The van der Waals surface area contributed by atoms with Crippen molar-refractivity contribution in [2.24, 2.45) is 5.73 Å². The Hall–Kier alpha value is -5.38. The summed E-state index contributed by atoms with van der Waals surface area (Å²) < 4.78 is 3.65. The predicted molar refractivity (Wildman–Crippen MR) is 135 cm³/mol. The standard InChI is InChI=1S/C26H19N9O/c27-24(36)18-6-4-17(5-7-18)23-15-30-25(26-29-13-14-34(23)26)31-19-8-10-20(11-9-19)35-16-22(32-33-35)21-3-1-2-12-28-21/h1-16H,(H2,27,36)(H,30,31). The maximum Gasteiger partial charge on any atom is 0.248 e. The van der Waals surface area contributed by atoms with Gasteiger partial charge in [0.1, 0.15) is 5.69 Å². The molecule has 36 heavy (non-hydrogen) atoms. The van der Waals surface area contributed by atoms with Gasteiger partial charge in [-0.2, -0.15) is 0 Å². The molecular formula is C26H19N9O. The van der Waals surface area contributed by atoms with Gasteiger partial charge in [-0.15, -0.1) is 5.10 Å². The van der Waals surface area contributed by atoms with E-state index < -0.39 is 5.91 Å². The first kappa shape index (κ1) is 21.2. The Labute approximate surface area is 205 Å². The Bertz CT molecular complexity index is 1670. The molecule has 4 heterocycles. The number of imidazole rings is 1. The van der Waals surface area contributed by atoms with Crippen LogP contribution in [-0.4, -0.2) is 40.3 Å². The van der Waals surface area contributed by atoms with Gasteiger partial charge in [0.2, 0.25) is 5.91 Å². The van der Waals surface area contributed by atoms with E-state index in [-0.39, 0.29) is 0 Å². The highest BCUT2D eigenvalue weighted by molar-refractivity contribution is 5.93. The molecule has 0 aliphatic heterocycles. The number of nitrogens with one attached hydrogen (secondary N) is 1. The second-order valence-corrected chi connectivity index (χ2v) is 7.99. The van der Waals surface area contributed by atoms with E-state index in [1.165, 1.54) is 0 Å². The zero-order valence-electron chi connectivity index (χ0n) is 18.9. The molecule has 1 amide bonds. The molecule has 0 aliphatic carbocycles. The number of hydrogen-bond acceptors (Lipinski definition) is 7. The quantitative estimate of drug-likeness (QED) is 0.375. The summed E-state index contributed by atoms with van der Waals surface area (Å²) in [6.45, 7) is 0. The van der Waals surface area contributed by atoms with Crippen molar-refractivity contribution in [2.75, 3.05) is 5.32 Å². The molecule has 6 aromatic rings. The summed E-state index contributed by atoms with van der Waals surface area (Å²) in [5, 5.41) is 11.8. The van der Waals surface area contributed by atoms with Crippen LogP contribution < -0.4 is 11.1 Å². The van der Waals surface area contributed by atoms with Crippen LogP contribution in [0.4, 0.5) is 11.5 Å². The number of rotatable bonds is 6. The van der Waals surface area contributed by atoms with Crippen LogP contribution in [0, 0.1) is 0 Å². The molecule has 4 aromatic heterocycles. The molecule has 10 nitrogen and oxygen atoms in total. The van der Waals surface area contributed by atoms with Crippen molar-refractivity contribution in [3.8, 4) is 28.3 Å². The molecule has 0 atom stereocenters. The third-order valence-corrected chi connectivity index (χ3v) is 5.71. The van der Waals surface area contributed by atoms with Crippen LogP contribution in [0.3, 0.4) is 0 Å². The molecule has 0 saturated carbocycles. The van der Waals surface area contributed by atoms with Crippen LogP contribution in [0.15, 0.2) is 97.7 Å². The maximum atomic E-state index is 11.4. The summed E-state index contributed by atoms with van der Waals surface area (Å²) in [5.41, 5.74) is 11.4. The second-order valence-electron chi connectivity index (χ2n) is 7.99. The monoisotopic (exact) mass is 473 g/mol. The summed E-state index contributed by atoms with van der Waals surface area (Å²) in [4.78, 5) is 24.8. The molecule has 2 aromatic carbocycles. The van der Waals surface area contributed by atoms with Crippen molar-refractivity contribution in [1.29, 1.82) is 0 Å². The van der Waals surface area contributed by atoms with Crippen LogP contribution in [0.1, 0.15) is 10.4 Å². The lowest BCUT2D eigenvalue weighted by Gasteiger charge is -2.11. The van der Waals surface area contributed by atoms with Gasteiger partial charge < -0.3 is 11.1 Å². The highest BCUT2D eigenvalue weighted by atomic mass is 16.1. The highest BCUT2D eigenvalue weighted by Gasteiger charge is 2.12. The lowest BCUT2D eigenvalue weighted by molar-refractivity contribution is 0.100. The molecule has 0 radical (unpaired) electrons. The Morgan fingerprint density at radius 1 is 0.861 bits per heavy atom. The molecule has 0 fully saturated rings. The third kappa shape index (κ3) is 3.92. The van der Waals surface area contributed by atoms with E-state index >= 15 is 0 Å². The average molecular weight is 474 g/mol. The minimum atomic E-state index is -0.463. The van der Waals surface area contributed by atoms with E-state index in [0.29, 0.717) is 22.7 Å². The van der Waals surface area contributed by atoms with Crippen LogP contribution >= 0.6 is 0 Å². The molecule has 3 N–H and O–H groups in total. The van der Waals surface area contributed by atoms with Crippen molar-refractivity contribution >= 4 is 23.1 Å².